The van der Waals surface area contributed by atoms with Gasteiger partial charge in [0.1, 0.15) is 0 Å². The molecule has 3 aliphatic rings. The standard InChI is InChI=1S/C20H25NO6/c1-12-11-13-3-4-14(23)17-16(13)19(7-8-21-25)18(27-17)15(24)5-6-20(12,19)26-10-2-9-22/h3-4,12,18,22-23H,2,5-11H2,1H3/t12-,18+,19+,20-/m1/s1. The summed E-state index contributed by atoms with van der Waals surface area (Å²) in [5.74, 6) is 0.414. The first-order valence-corrected chi connectivity index (χ1v) is 9.60. The van der Waals surface area contributed by atoms with Crippen molar-refractivity contribution in [3.63, 3.8) is 0 Å². The van der Waals surface area contributed by atoms with Crippen molar-refractivity contribution in [2.24, 2.45) is 11.1 Å². The zero-order valence-electron chi connectivity index (χ0n) is 15.4. The molecular weight excluding hydrogens is 350 g/mol. The molecule has 7 heteroatoms. The highest BCUT2D eigenvalue weighted by Crippen LogP contribution is 2.65. The van der Waals surface area contributed by atoms with Gasteiger partial charge in [-0.15, -0.1) is 0 Å². The molecule has 27 heavy (non-hydrogen) atoms. The predicted molar refractivity (Wildman–Crippen MR) is 97.0 cm³/mol. The molecule has 1 heterocycles. The van der Waals surface area contributed by atoms with Crippen molar-refractivity contribution in [2.45, 2.75) is 56.1 Å². The number of phenols is 1. The van der Waals surface area contributed by atoms with Crippen LogP contribution in [0.15, 0.2) is 17.3 Å². The summed E-state index contributed by atoms with van der Waals surface area (Å²) in [4.78, 5) is 23.9. The number of hydrogen-bond acceptors (Lipinski definition) is 7. The summed E-state index contributed by atoms with van der Waals surface area (Å²) >= 11 is 0. The van der Waals surface area contributed by atoms with Crippen molar-refractivity contribution >= 4 is 5.78 Å². The first-order chi connectivity index (χ1) is 13.0. The smallest absolute Gasteiger partial charge is 0.174 e. The fourth-order valence-electron chi connectivity index (χ4n) is 5.71. The van der Waals surface area contributed by atoms with E-state index in [0.29, 0.717) is 38.0 Å². The van der Waals surface area contributed by atoms with Crippen LogP contribution in [-0.4, -0.2) is 47.5 Å². The van der Waals surface area contributed by atoms with Gasteiger partial charge in [0.05, 0.1) is 17.6 Å². The van der Waals surface area contributed by atoms with Crippen molar-refractivity contribution in [3.8, 4) is 11.5 Å². The summed E-state index contributed by atoms with van der Waals surface area (Å²) < 4.78 is 12.5. The maximum Gasteiger partial charge on any atom is 0.174 e. The fraction of sp³-hybridized carbons (Fsp3) is 0.650. The summed E-state index contributed by atoms with van der Waals surface area (Å²) in [5, 5.41) is 22.7. The lowest BCUT2D eigenvalue weighted by Gasteiger charge is -2.58. The molecule has 0 amide bonds. The Labute approximate surface area is 157 Å². The number of carbonyl (C=O) groups is 1. The Kier molecular flexibility index (Phi) is 4.47. The number of hydrogen-bond donors (Lipinski definition) is 2. The Balaban J connectivity index is 1.95. The Morgan fingerprint density at radius 1 is 1.41 bits per heavy atom. The maximum absolute atomic E-state index is 12.9. The SMILES string of the molecule is C[C@@H]1Cc2ccc(O)c3c2[C@@]2(CCN=O)[C@@H](O3)C(=O)CC[C@@]12OCCCO. The third-order valence-corrected chi connectivity index (χ3v) is 6.72. The van der Waals surface area contributed by atoms with Gasteiger partial charge in [0, 0.05) is 25.2 Å². The van der Waals surface area contributed by atoms with E-state index < -0.39 is 17.1 Å². The van der Waals surface area contributed by atoms with E-state index in [0.717, 1.165) is 17.5 Å². The number of phenolic OH excluding ortho intramolecular Hbond substituents is 1. The average molecular weight is 375 g/mol. The van der Waals surface area contributed by atoms with E-state index in [-0.39, 0.29) is 30.6 Å². The number of aliphatic hydroxyl groups is 1. The monoisotopic (exact) mass is 375 g/mol. The molecule has 2 aliphatic carbocycles. The molecule has 1 saturated carbocycles. The van der Waals surface area contributed by atoms with Crippen LogP contribution >= 0.6 is 0 Å². The lowest BCUT2D eigenvalue weighted by atomic mass is 9.49. The topological polar surface area (TPSA) is 105 Å². The van der Waals surface area contributed by atoms with Crippen molar-refractivity contribution in [2.75, 3.05) is 19.8 Å². The van der Waals surface area contributed by atoms with Gasteiger partial charge in [-0.2, -0.15) is 4.91 Å². The number of rotatable bonds is 7. The van der Waals surface area contributed by atoms with E-state index in [1.807, 2.05) is 6.07 Å². The van der Waals surface area contributed by atoms with Crippen LogP contribution in [-0.2, 0) is 21.4 Å². The highest BCUT2D eigenvalue weighted by Gasteiger charge is 2.71. The highest BCUT2D eigenvalue weighted by atomic mass is 16.5. The van der Waals surface area contributed by atoms with Crippen LogP contribution < -0.4 is 4.74 Å². The number of benzene rings is 1. The molecule has 4 atom stereocenters. The number of ether oxygens (including phenoxy) is 2. The molecule has 1 fully saturated rings. The maximum atomic E-state index is 12.9. The first kappa shape index (κ1) is 18.4. The van der Waals surface area contributed by atoms with Crippen molar-refractivity contribution < 1.29 is 24.5 Å². The fourth-order valence-corrected chi connectivity index (χ4v) is 5.71. The number of carbonyl (C=O) groups excluding carboxylic acids is 1. The number of nitroso groups, excluding NO2 is 1. The lowest BCUT2D eigenvalue weighted by molar-refractivity contribution is -0.188. The Morgan fingerprint density at radius 3 is 2.96 bits per heavy atom. The molecule has 7 nitrogen and oxygen atoms in total. The lowest BCUT2D eigenvalue weighted by Crippen LogP contribution is -2.69. The molecule has 1 aromatic rings. The minimum absolute atomic E-state index is 0.00759. The van der Waals surface area contributed by atoms with Gasteiger partial charge in [0.25, 0.3) is 0 Å². The zero-order valence-corrected chi connectivity index (χ0v) is 15.4. The Morgan fingerprint density at radius 2 is 2.22 bits per heavy atom. The van der Waals surface area contributed by atoms with Gasteiger partial charge in [-0.05, 0) is 43.2 Å². The van der Waals surface area contributed by atoms with Crippen LogP contribution in [0.5, 0.6) is 11.5 Å². The number of nitrogens with zero attached hydrogens (tertiary/aromatic N) is 1. The van der Waals surface area contributed by atoms with Gasteiger partial charge >= 0.3 is 0 Å². The number of Topliss-reactive ketones (excluding diaryl/α,β-unsaturated/α-hetero) is 1. The largest absolute Gasteiger partial charge is 0.504 e. The molecule has 0 bridgehead atoms. The Hall–Kier alpha value is -1.99. The summed E-state index contributed by atoms with van der Waals surface area (Å²) in [6.07, 6.45) is 1.64. The molecule has 146 valence electrons. The second kappa shape index (κ2) is 6.56. The summed E-state index contributed by atoms with van der Waals surface area (Å²) in [6, 6.07) is 3.48. The zero-order chi connectivity index (χ0) is 19.2. The van der Waals surface area contributed by atoms with E-state index >= 15 is 0 Å². The minimum atomic E-state index is -0.841. The van der Waals surface area contributed by atoms with Crippen LogP contribution in [0.1, 0.15) is 43.7 Å². The molecule has 4 rings (SSSR count). The van der Waals surface area contributed by atoms with Crippen LogP contribution in [0.4, 0.5) is 0 Å². The Bertz CT molecular complexity index is 780. The molecule has 1 aliphatic heterocycles. The van der Waals surface area contributed by atoms with Gasteiger partial charge in [0.2, 0.25) is 0 Å². The van der Waals surface area contributed by atoms with Crippen LogP contribution in [0, 0.1) is 10.8 Å². The molecule has 0 radical (unpaired) electrons. The highest BCUT2D eigenvalue weighted by molar-refractivity contribution is 5.89. The second-order valence-corrected chi connectivity index (χ2v) is 7.91. The van der Waals surface area contributed by atoms with E-state index in [1.54, 1.807) is 6.07 Å². The second-order valence-electron chi connectivity index (χ2n) is 7.91. The van der Waals surface area contributed by atoms with Gasteiger partial charge in [-0.1, -0.05) is 18.2 Å². The molecule has 0 saturated heterocycles. The van der Waals surface area contributed by atoms with Crippen LogP contribution in [0.3, 0.4) is 0 Å². The number of aromatic hydroxyl groups is 1. The molecular formula is C20H25NO6. The van der Waals surface area contributed by atoms with Crippen molar-refractivity contribution in [1.29, 1.82) is 0 Å². The van der Waals surface area contributed by atoms with E-state index in [1.165, 1.54) is 0 Å². The normalized spacial score (nSPS) is 33.5. The third-order valence-electron chi connectivity index (χ3n) is 6.72. The van der Waals surface area contributed by atoms with Crippen LogP contribution in [0.2, 0.25) is 0 Å². The molecule has 2 N–H and O–H groups in total. The number of ketones is 1. The van der Waals surface area contributed by atoms with E-state index in [2.05, 4.69) is 12.1 Å². The third kappa shape index (κ3) is 2.31. The molecule has 1 aromatic carbocycles. The predicted octanol–water partition coefficient (Wildman–Crippen LogP) is 2.24. The van der Waals surface area contributed by atoms with E-state index in [4.69, 9.17) is 9.47 Å². The summed E-state index contributed by atoms with van der Waals surface area (Å²) in [7, 11) is 0. The van der Waals surface area contributed by atoms with Gasteiger partial charge in [-0.25, -0.2) is 0 Å². The van der Waals surface area contributed by atoms with Gasteiger partial charge in [-0.3, -0.25) is 4.79 Å². The first-order valence-electron chi connectivity index (χ1n) is 9.60. The quantitative estimate of drug-likeness (QED) is 0.559. The van der Waals surface area contributed by atoms with Gasteiger partial charge in [0.15, 0.2) is 23.4 Å². The van der Waals surface area contributed by atoms with Crippen LogP contribution in [0.25, 0.3) is 0 Å². The van der Waals surface area contributed by atoms with Crippen molar-refractivity contribution in [1.82, 2.24) is 0 Å². The van der Waals surface area contributed by atoms with Gasteiger partial charge < -0.3 is 19.7 Å². The summed E-state index contributed by atoms with van der Waals surface area (Å²) in [6.45, 7) is 2.53. The molecule has 0 aromatic heterocycles. The average Bonchev–Trinajstić information content (AvgIpc) is 3.02. The number of aliphatic hydroxyl groups excluding tert-OH is 1. The van der Waals surface area contributed by atoms with E-state index in [9.17, 15) is 19.9 Å². The molecule has 0 spiro atoms. The van der Waals surface area contributed by atoms with Crippen molar-refractivity contribution in [3.05, 3.63) is 28.2 Å². The minimum Gasteiger partial charge on any atom is -0.504 e. The molecule has 0 unspecified atom stereocenters. The summed E-state index contributed by atoms with van der Waals surface area (Å²) in [5.41, 5.74) is 0.302.